The second-order valence-electron chi connectivity index (χ2n) is 7.80. The number of rotatable bonds is 5. The van der Waals surface area contributed by atoms with Crippen LogP contribution in [-0.4, -0.2) is 31.0 Å². The minimum atomic E-state index is -0.682. The number of ether oxygens (including phenoxy) is 4. The number of hydrogen-bond donors (Lipinski definition) is 0. The Morgan fingerprint density at radius 1 is 1.26 bits per heavy atom. The molecule has 10 heteroatoms. The summed E-state index contributed by atoms with van der Waals surface area (Å²) in [5.74, 6) is 1.43. The fourth-order valence-electron chi connectivity index (χ4n) is 4.08. The molecule has 1 aromatic heterocycles. The molecule has 35 heavy (non-hydrogen) atoms. The first-order chi connectivity index (χ1) is 16.9. The van der Waals surface area contributed by atoms with Crippen molar-refractivity contribution in [3.05, 3.63) is 83.0 Å². The Labute approximate surface area is 212 Å². The van der Waals surface area contributed by atoms with Crippen LogP contribution in [0.2, 0.25) is 0 Å². The summed E-state index contributed by atoms with van der Waals surface area (Å²) >= 11 is 4.81. The van der Waals surface area contributed by atoms with Gasteiger partial charge in [-0.2, -0.15) is 0 Å². The van der Waals surface area contributed by atoms with Crippen LogP contribution in [0.5, 0.6) is 17.2 Å². The van der Waals surface area contributed by atoms with Gasteiger partial charge in [-0.3, -0.25) is 9.36 Å². The molecule has 2 aliphatic heterocycles. The van der Waals surface area contributed by atoms with Gasteiger partial charge in [0.15, 0.2) is 16.3 Å². The third-order valence-electron chi connectivity index (χ3n) is 5.73. The maximum atomic E-state index is 13.7. The Bertz CT molecular complexity index is 1540. The van der Waals surface area contributed by atoms with Gasteiger partial charge in [0.25, 0.3) is 5.56 Å². The Hall–Kier alpha value is -3.37. The van der Waals surface area contributed by atoms with Gasteiger partial charge in [-0.05, 0) is 55.3 Å². The standard InChI is InChI=1S/C25H21BrN2O6S/c1-4-32-24(30)21-13(2)27-25-28(22(21)14-5-7-16(31-3)8-6-14)23(29)20(35-25)10-15-9-18-19(11-17(15)26)34-12-33-18/h5-11,22H,4,12H2,1-3H3/t22-/m0/s1. The van der Waals surface area contributed by atoms with Crippen LogP contribution in [-0.2, 0) is 9.53 Å². The number of methoxy groups -OCH3 is 1. The minimum Gasteiger partial charge on any atom is -0.497 e. The van der Waals surface area contributed by atoms with Crippen molar-refractivity contribution in [1.29, 1.82) is 0 Å². The second kappa shape index (κ2) is 9.35. The SMILES string of the molecule is CCOC(=O)C1=C(C)N=c2sc(=Cc3cc4c(cc3Br)OCO4)c(=O)n2[C@H]1c1ccc(OC)cc1. The Kier molecular flexibility index (Phi) is 6.24. The Morgan fingerprint density at radius 3 is 2.66 bits per heavy atom. The van der Waals surface area contributed by atoms with Gasteiger partial charge in [-0.15, -0.1) is 0 Å². The van der Waals surface area contributed by atoms with Crippen molar-refractivity contribution in [2.75, 3.05) is 20.5 Å². The van der Waals surface area contributed by atoms with E-state index in [0.29, 0.717) is 37.9 Å². The van der Waals surface area contributed by atoms with Crippen LogP contribution >= 0.6 is 27.3 Å². The highest BCUT2D eigenvalue weighted by atomic mass is 79.9. The van der Waals surface area contributed by atoms with Crippen LogP contribution in [0.4, 0.5) is 0 Å². The highest BCUT2D eigenvalue weighted by molar-refractivity contribution is 9.10. The molecule has 3 heterocycles. The number of fused-ring (bicyclic) bond motifs is 2. The maximum absolute atomic E-state index is 13.7. The van der Waals surface area contributed by atoms with Gasteiger partial charge in [0.2, 0.25) is 6.79 Å². The molecule has 0 unspecified atom stereocenters. The number of carbonyl (C=O) groups excluding carboxylic acids is 1. The molecule has 2 aromatic carbocycles. The lowest BCUT2D eigenvalue weighted by Gasteiger charge is -2.24. The first-order valence-corrected chi connectivity index (χ1v) is 12.4. The van der Waals surface area contributed by atoms with Gasteiger partial charge in [0, 0.05) is 4.47 Å². The fraction of sp³-hybridized carbons (Fsp3) is 0.240. The van der Waals surface area contributed by atoms with Crippen molar-refractivity contribution in [2.45, 2.75) is 19.9 Å². The van der Waals surface area contributed by atoms with Crippen LogP contribution in [0.25, 0.3) is 6.08 Å². The minimum absolute atomic E-state index is 0.158. The fourth-order valence-corrected chi connectivity index (χ4v) is 5.55. The smallest absolute Gasteiger partial charge is 0.338 e. The molecule has 5 rings (SSSR count). The van der Waals surface area contributed by atoms with E-state index < -0.39 is 12.0 Å². The molecule has 8 nitrogen and oxygen atoms in total. The number of benzene rings is 2. The number of aromatic nitrogens is 1. The molecule has 0 radical (unpaired) electrons. The number of thiazole rings is 1. The van der Waals surface area contributed by atoms with Gasteiger partial charge in [-0.25, -0.2) is 9.79 Å². The lowest BCUT2D eigenvalue weighted by molar-refractivity contribution is -0.139. The van der Waals surface area contributed by atoms with Gasteiger partial charge >= 0.3 is 5.97 Å². The number of nitrogens with zero attached hydrogens (tertiary/aromatic N) is 2. The molecule has 0 N–H and O–H groups in total. The van der Waals surface area contributed by atoms with E-state index in [-0.39, 0.29) is 19.0 Å². The summed E-state index contributed by atoms with van der Waals surface area (Å²) in [4.78, 5) is 31.8. The molecule has 0 aliphatic carbocycles. The second-order valence-corrected chi connectivity index (χ2v) is 9.67. The highest BCUT2D eigenvalue weighted by Gasteiger charge is 2.33. The topological polar surface area (TPSA) is 88.4 Å². The predicted molar refractivity (Wildman–Crippen MR) is 134 cm³/mol. The molecule has 0 fully saturated rings. The largest absolute Gasteiger partial charge is 0.497 e. The van der Waals surface area contributed by atoms with Gasteiger partial charge in [0.05, 0.1) is 35.6 Å². The zero-order valence-corrected chi connectivity index (χ0v) is 21.6. The van der Waals surface area contributed by atoms with Crippen LogP contribution in [0.15, 0.2) is 61.9 Å². The molecular formula is C25H21BrN2O6S. The summed E-state index contributed by atoms with van der Waals surface area (Å²) in [7, 11) is 1.58. The molecule has 2 aliphatic rings. The van der Waals surface area contributed by atoms with Crippen molar-refractivity contribution < 1.29 is 23.7 Å². The average molecular weight is 557 g/mol. The number of hydrogen-bond acceptors (Lipinski definition) is 8. The van der Waals surface area contributed by atoms with Crippen molar-refractivity contribution >= 4 is 39.3 Å². The molecular weight excluding hydrogens is 536 g/mol. The Morgan fingerprint density at radius 2 is 1.97 bits per heavy atom. The molecule has 0 amide bonds. The van der Waals surface area contributed by atoms with E-state index in [0.717, 1.165) is 15.6 Å². The van der Waals surface area contributed by atoms with Crippen molar-refractivity contribution in [2.24, 2.45) is 4.99 Å². The van der Waals surface area contributed by atoms with Crippen LogP contribution in [0, 0.1) is 0 Å². The summed E-state index contributed by atoms with van der Waals surface area (Å²) in [5.41, 5.74) is 2.11. The van der Waals surface area contributed by atoms with Gasteiger partial charge in [-0.1, -0.05) is 39.4 Å². The number of halogens is 1. The molecule has 1 atom stereocenters. The lowest BCUT2D eigenvalue weighted by atomic mass is 9.96. The first-order valence-electron chi connectivity index (χ1n) is 10.8. The van der Waals surface area contributed by atoms with Crippen LogP contribution in [0.1, 0.15) is 31.0 Å². The van der Waals surface area contributed by atoms with Crippen molar-refractivity contribution in [3.8, 4) is 17.2 Å². The molecule has 3 aromatic rings. The van der Waals surface area contributed by atoms with Crippen LogP contribution in [0.3, 0.4) is 0 Å². The van der Waals surface area contributed by atoms with E-state index in [2.05, 4.69) is 20.9 Å². The van der Waals surface area contributed by atoms with E-state index in [9.17, 15) is 9.59 Å². The summed E-state index contributed by atoms with van der Waals surface area (Å²) in [6, 6.07) is 10.2. The number of allylic oxidation sites excluding steroid dienone is 1. The van der Waals surface area contributed by atoms with Crippen molar-refractivity contribution in [1.82, 2.24) is 4.57 Å². The molecule has 180 valence electrons. The number of esters is 1. The predicted octanol–water partition coefficient (Wildman–Crippen LogP) is 3.30. The zero-order valence-electron chi connectivity index (χ0n) is 19.2. The van der Waals surface area contributed by atoms with E-state index >= 15 is 0 Å². The third kappa shape index (κ3) is 4.17. The molecule has 0 bridgehead atoms. The molecule has 0 saturated heterocycles. The summed E-state index contributed by atoms with van der Waals surface area (Å²) < 4.78 is 24.3. The normalized spacial score (nSPS) is 16.7. The zero-order chi connectivity index (χ0) is 24.7. The van der Waals surface area contributed by atoms with Crippen LogP contribution < -0.4 is 29.1 Å². The summed E-state index contributed by atoms with van der Waals surface area (Å²) in [6.07, 6.45) is 1.78. The first kappa shape index (κ1) is 23.4. The molecule has 0 spiro atoms. The average Bonchev–Trinajstić information content (AvgIpc) is 3.42. The van der Waals surface area contributed by atoms with Gasteiger partial charge < -0.3 is 18.9 Å². The summed E-state index contributed by atoms with van der Waals surface area (Å²) in [5, 5.41) is 0. The quantitative estimate of drug-likeness (QED) is 0.448. The maximum Gasteiger partial charge on any atom is 0.338 e. The monoisotopic (exact) mass is 556 g/mol. The lowest BCUT2D eigenvalue weighted by Crippen LogP contribution is -2.39. The van der Waals surface area contributed by atoms with E-state index in [4.69, 9.17) is 18.9 Å². The van der Waals surface area contributed by atoms with E-state index in [1.807, 2.05) is 24.3 Å². The number of carbonyl (C=O) groups is 1. The van der Waals surface area contributed by atoms with Gasteiger partial charge in [0.1, 0.15) is 5.75 Å². The summed E-state index contributed by atoms with van der Waals surface area (Å²) in [6.45, 7) is 3.88. The van der Waals surface area contributed by atoms with Crippen molar-refractivity contribution in [3.63, 3.8) is 0 Å². The van der Waals surface area contributed by atoms with E-state index in [1.165, 1.54) is 11.3 Å². The Balaban J connectivity index is 1.70. The molecule has 0 saturated carbocycles. The highest BCUT2D eigenvalue weighted by Crippen LogP contribution is 2.37. The van der Waals surface area contributed by atoms with E-state index in [1.54, 1.807) is 43.7 Å². The third-order valence-corrected chi connectivity index (χ3v) is 7.40.